The van der Waals surface area contributed by atoms with Crippen LogP contribution in [0.5, 0.6) is 0 Å². The lowest BCUT2D eigenvalue weighted by Crippen LogP contribution is -2.55. The number of quaternary nitrogens is 1. The summed E-state index contributed by atoms with van der Waals surface area (Å²) in [7, 11) is 0. The van der Waals surface area contributed by atoms with E-state index in [2.05, 4.69) is 24.1 Å². The lowest BCUT2D eigenvalue weighted by atomic mass is 10.1. The smallest absolute Gasteiger partial charge is 0.207 e. The first-order valence-corrected chi connectivity index (χ1v) is 8.31. The Bertz CT molecular complexity index is 430. The fourth-order valence-corrected chi connectivity index (χ4v) is 2.75. The van der Waals surface area contributed by atoms with Crippen LogP contribution in [-0.2, 0) is 4.79 Å². The molecule has 2 N–H and O–H groups in total. The van der Waals surface area contributed by atoms with E-state index in [4.69, 9.17) is 5.73 Å². The predicted octanol–water partition coefficient (Wildman–Crippen LogP) is 1.70. The quantitative estimate of drug-likeness (QED) is 0.338. The highest BCUT2D eigenvalue weighted by atomic mass is 16.4. The van der Waals surface area contributed by atoms with Crippen molar-refractivity contribution in [3.8, 4) is 0 Å². The van der Waals surface area contributed by atoms with Gasteiger partial charge in [-0.15, -0.1) is 0 Å². The second kappa shape index (κ2) is 10.3. The highest BCUT2D eigenvalue weighted by Gasteiger charge is 2.34. The van der Waals surface area contributed by atoms with Gasteiger partial charge in [-0.1, -0.05) is 31.9 Å². The molecule has 5 heteroatoms. The fraction of sp³-hybridized carbons (Fsp3) is 0.647. The van der Waals surface area contributed by atoms with Crippen molar-refractivity contribution < 1.29 is 14.4 Å². The van der Waals surface area contributed by atoms with Gasteiger partial charge >= 0.3 is 0 Å². The van der Waals surface area contributed by atoms with Crippen LogP contribution in [0.3, 0.4) is 0 Å². The molecule has 1 aliphatic rings. The van der Waals surface area contributed by atoms with Gasteiger partial charge in [-0.05, 0) is 25.7 Å². The zero-order valence-electron chi connectivity index (χ0n) is 13.7. The maximum Gasteiger partial charge on any atom is 0.207 e. The number of allylic oxidation sites excluding steroid dienone is 2. The van der Waals surface area contributed by atoms with Crippen LogP contribution in [-0.4, -0.2) is 35.9 Å². The number of carbonyl (C=O) groups is 1. The summed E-state index contributed by atoms with van der Waals surface area (Å²) < 4.78 is 0.231. The molecule has 22 heavy (non-hydrogen) atoms. The van der Waals surface area contributed by atoms with Crippen molar-refractivity contribution in [1.29, 1.82) is 0 Å². The molecule has 0 aromatic heterocycles. The van der Waals surface area contributed by atoms with Crippen LogP contribution in [0.2, 0.25) is 0 Å². The molecule has 1 atom stereocenters. The minimum Gasteiger partial charge on any atom is -0.544 e. The number of aliphatic imine (C=N–C) groups is 1. The van der Waals surface area contributed by atoms with Crippen molar-refractivity contribution in [3.63, 3.8) is 0 Å². The molecule has 1 aliphatic heterocycles. The molecular weight excluding hydrogens is 278 g/mol. The van der Waals surface area contributed by atoms with Gasteiger partial charge in [0.05, 0.1) is 12.2 Å². The Morgan fingerprint density at radius 2 is 2.09 bits per heavy atom. The summed E-state index contributed by atoms with van der Waals surface area (Å²) in [6.07, 6.45) is 15.6. The van der Waals surface area contributed by atoms with Crippen molar-refractivity contribution >= 4 is 11.8 Å². The highest BCUT2D eigenvalue weighted by molar-refractivity contribution is 5.80. The predicted molar refractivity (Wildman–Crippen MR) is 87.8 cm³/mol. The maximum atomic E-state index is 11.0. The molecule has 0 aromatic rings. The number of nitrogens with two attached hydrogens (primary N) is 1. The second-order valence-corrected chi connectivity index (χ2v) is 5.78. The Morgan fingerprint density at radius 3 is 2.77 bits per heavy atom. The second-order valence-electron chi connectivity index (χ2n) is 5.78. The van der Waals surface area contributed by atoms with Gasteiger partial charge in [0.1, 0.15) is 19.3 Å². The zero-order valence-corrected chi connectivity index (χ0v) is 13.7. The van der Waals surface area contributed by atoms with Gasteiger partial charge in [-0.25, -0.2) is 9.48 Å². The summed E-state index contributed by atoms with van der Waals surface area (Å²) in [5.41, 5.74) is 5.64. The molecule has 0 spiro atoms. The van der Waals surface area contributed by atoms with E-state index in [-0.39, 0.29) is 11.0 Å². The molecule has 0 aliphatic carbocycles. The number of carboxylic acids is 1. The summed E-state index contributed by atoms with van der Waals surface area (Å²) in [5, 5.41) is 11.0. The van der Waals surface area contributed by atoms with E-state index in [1.807, 2.05) is 6.20 Å². The zero-order chi connectivity index (χ0) is 16.3. The number of aliphatic carboxylic acids is 1. The first-order valence-electron chi connectivity index (χ1n) is 8.31. The van der Waals surface area contributed by atoms with Crippen LogP contribution in [0.25, 0.3) is 0 Å². The Hall–Kier alpha value is -1.46. The molecule has 0 amide bonds. The monoisotopic (exact) mass is 307 g/mol. The molecule has 1 unspecified atom stereocenters. The number of carboxylic acid groups (broad SMARTS) is 1. The van der Waals surface area contributed by atoms with Crippen molar-refractivity contribution in [3.05, 3.63) is 24.6 Å². The molecular formula is C17H29N3O2. The van der Waals surface area contributed by atoms with Crippen LogP contribution < -0.4 is 10.8 Å². The number of hydrogen-bond acceptors (Lipinski definition) is 4. The van der Waals surface area contributed by atoms with Gasteiger partial charge in [0.15, 0.2) is 0 Å². The van der Waals surface area contributed by atoms with Crippen LogP contribution in [0.4, 0.5) is 0 Å². The summed E-state index contributed by atoms with van der Waals surface area (Å²) >= 11 is 0. The van der Waals surface area contributed by atoms with E-state index in [0.717, 1.165) is 44.4 Å². The maximum absolute atomic E-state index is 11.0. The molecule has 0 radical (unpaired) electrons. The van der Waals surface area contributed by atoms with Gasteiger partial charge in [-0.2, -0.15) is 0 Å². The van der Waals surface area contributed by atoms with Gasteiger partial charge in [0.25, 0.3) is 0 Å². The number of nitrogens with zero attached hydrogens (tertiary/aromatic N) is 2. The molecule has 0 fully saturated rings. The van der Waals surface area contributed by atoms with Crippen molar-refractivity contribution in [1.82, 2.24) is 0 Å². The van der Waals surface area contributed by atoms with Crippen LogP contribution in [0.1, 0.15) is 51.9 Å². The van der Waals surface area contributed by atoms with Crippen LogP contribution in [0.15, 0.2) is 29.5 Å². The lowest BCUT2D eigenvalue weighted by Gasteiger charge is -2.32. The minimum absolute atomic E-state index is 0.0771. The molecule has 124 valence electrons. The SMILES string of the molecule is CCC/C=C/CCCCCC1=NC=C[N+]1(CCN)CC(=O)[O-]. The van der Waals surface area contributed by atoms with Crippen LogP contribution >= 0.6 is 0 Å². The summed E-state index contributed by atoms with van der Waals surface area (Å²) in [6, 6.07) is 0. The van der Waals surface area contributed by atoms with Crippen molar-refractivity contribution in [2.24, 2.45) is 10.7 Å². The minimum atomic E-state index is -1.06. The lowest BCUT2D eigenvalue weighted by molar-refractivity contribution is -0.780. The van der Waals surface area contributed by atoms with E-state index in [9.17, 15) is 9.90 Å². The third kappa shape index (κ3) is 6.12. The topological polar surface area (TPSA) is 78.5 Å². The average Bonchev–Trinajstić information content (AvgIpc) is 2.84. The number of carbonyl (C=O) groups excluding carboxylic acids is 1. The van der Waals surface area contributed by atoms with E-state index in [1.165, 1.54) is 6.42 Å². The number of rotatable bonds is 12. The normalized spacial score (nSPS) is 20.7. The van der Waals surface area contributed by atoms with Crippen molar-refractivity contribution in [2.75, 3.05) is 19.6 Å². The van der Waals surface area contributed by atoms with Gasteiger partial charge < -0.3 is 15.6 Å². The van der Waals surface area contributed by atoms with Crippen molar-refractivity contribution in [2.45, 2.75) is 51.9 Å². The largest absolute Gasteiger partial charge is 0.544 e. The summed E-state index contributed by atoms with van der Waals surface area (Å²) in [5.74, 6) is -0.162. The molecule has 0 bridgehead atoms. The van der Waals surface area contributed by atoms with E-state index in [1.54, 1.807) is 6.20 Å². The molecule has 5 nitrogen and oxygen atoms in total. The first-order chi connectivity index (χ1) is 10.6. The third-order valence-electron chi connectivity index (χ3n) is 3.92. The Labute approximate surface area is 133 Å². The molecule has 1 heterocycles. The Balaban J connectivity index is 2.36. The molecule has 0 saturated carbocycles. The highest BCUT2D eigenvalue weighted by Crippen LogP contribution is 2.20. The van der Waals surface area contributed by atoms with E-state index >= 15 is 0 Å². The first kappa shape index (κ1) is 18.6. The van der Waals surface area contributed by atoms with Crippen LogP contribution in [0, 0.1) is 0 Å². The number of unbranched alkanes of at least 4 members (excludes halogenated alkanes) is 4. The average molecular weight is 307 g/mol. The molecule has 1 rings (SSSR count). The third-order valence-corrected chi connectivity index (χ3v) is 3.92. The van der Waals surface area contributed by atoms with E-state index < -0.39 is 5.97 Å². The number of amidine groups is 1. The molecule has 0 aromatic carbocycles. The van der Waals surface area contributed by atoms with Gasteiger partial charge in [-0.3, -0.25) is 0 Å². The Morgan fingerprint density at radius 1 is 1.32 bits per heavy atom. The summed E-state index contributed by atoms with van der Waals surface area (Å²) in [4.78, 5) is 15.4. The van der Waals surface area contributed by atoms with E-state index in [0.29, 0.717) is 13.1 Å². The number of hydrogen-bond donors (Lipinski definition) is 1. The standard InChI is InChI=1S/C17H29N3O2/c1-2-3-4-5-6-7-8-9-10-16-19-12-14-20(16,13-11-18)15-17(21)22/h4-5,12,14H,2-3,6-11,13,15,18H2,1H3/b5-4+. The molecule has 0 saturated heterocycles. The Kier molecular flexibility index (Phi) is 8.70. The summed E-state index contributed by atoms with van der Waals surface area (Å²) in [6.45, 7) is 3.09. The van der Waals surface area contributed by atoms with Gasteiger partial charge in [0, 0.05) is 13.0 Å². The van der Waals surface area contributed by atoms with Gasteiger partial charge in [0.2, 0.25) is 5.84 Å². The fourth-order valence-electron chi connectivity index (χ4n) is 2.75.